The van der Waals surface area contributed by atoms with Gasteiger partial charge in [0.05, 0.1) is 31.4 Å². The van der Waals surface area contributed by atoms with Gasteiger partial charge >= 0.3 is 12.0 Å². The molecule has 1 aliphatic heterocycles. The first-order valence-electron chi connectivity index (χ1n) is 6.39. The van der Waals surface area contributed by atoms with Crippen molar-refractivity contribution in [3.8, 4) is 0 Å². The zero-order valence-corrected chi connectivity index (χ0v) is 11.3. The number of carboxylic acids is 1. The topological polar surface area (TPSA) is 96.7 Å². The van der Waals surface area contributed by atoms with Crippen molar-refractivity contribution in [2.24, 2.45) is 7.05 Å². The van der Waals surface area contributed by atoms with Crippen LogP contribution in [0.2, 0.25) is 0 Å². The summed E-state index contributed by atoms with van der Waals surface area (Å²) < 4.78 is 6.98. The quantitative estimate of drug-likeness (QED) is 0.797. The minimum atomic E-state index is -0.925. The van der Waals surface area contributed by atoms with Crippen LogP contribution in [0.15, 0.2) is 12.3 Å². The Kier molecular flexibility index (Phi) is 4.57. The molecule has 0 aliphatic carbocycles. The number of aryl methyl sites for hydroxylation is 1. The summed E-state index contributed by atoms with van der Waals surface area (Å²) in [6.45, 7) is 1.46. The molecule has 1 unspecified atom stereocenters. The predicted molar refractivity (Wildman–Crippen MR) is 69.0 cm³/mol. The van der Waals surface area contributed by atoms with E-state index in [1.807, 2.05) is 13.1 Å². The summed E-state index contributed by atoms with van der Waals surface area (Å²) in [5.74, 6) is -0.925. The van der Waals surface area contributed by atoms with Gasteiger partial charge in [0, 0.05) is 26.3 Å². The maximum atomic E-state index is 12.0. The van der Waals surface area contributed by atoms with Crippen LogP contribution in [0.1, 0.15) is 12.1 Å². The fourth-order valence-corrected chi connectivity index (χ4v) is 2.06. The maximum absolute atomic E-state index is 12.0. The van der Waals surface area contributed by atoms with E-state index in [-0.39, 0.29) is 12.5 Å². The number of amides is 2. The average Bonchev–Trinajstić information content (AvgIpc) is 2.81. The van der Waals surface area contributed by atoms with Crippen molar-refractivity contribution < 1.29 is 19.4 Å². The minimum Gasteiger partial charge on any atom is -0.481 e. The highest BCUT2D eigenvalue weighted by molar-refractivity contribution is 5.74. The van der Waals surface area contributed by atoms with E-state index in [2.05, 4.69) is 10.4 Å². The van der Waals surface area contributed by atoms with Crippen molar-refractivity contribution in [1.82, 2.24) is 20.0 Å². The SMILES string of the molecule is Cn1ccc(CNC(=O)N2CCOC(CC(=O)O)C2)n1. The Morgan fingerprint density at radius 2 is 2.40 bits per heavy atom. The maximum Gasteiger partial charge on any atom is 0.317 e. The van der Waals surface area contributed by atoms with Gasteiger partial charge in [-0.15, -0.1) is 0 Å². The van der Waals surface area contributed by atoms with Gasteiger partial charge in [0.25, 0.3) is 0 Å². The molecule has 1 aromatic rings. The van der Waals surface area contributed by atoms with E-state index in [0.717, 1.165) is 5.69 Å². The van der Waals surface area contributed by atoms with E-state index in [0.29, 0.717) is 26.2 Å². The van der Waals surface area contributed by atoms with Crippen molar-refractivity contribution in [1.29, 1.82) is 0 Å². The molecular formula is C12H18N4O4. The molecule has 0 spiro atoms. The molecule has 2 rings (SSSR count). The number of urea groups is 1. The first-order chi connectivity index (χ1) is 9.54. The fourth-order valence-electron chi connectivity index (χ4n) is 2.06. The molecule has 0 saturated carbocycles. The second kappa shape index (κ2) is 6.38. The van der Waals surface area contributed by atoms with Gasteiger partial charge < -0.3 is 20.1 Å². The highest BCUT2D eigenvalue weighted by atomic mass is 16.5. The lowest BCUT2D eigenvalue weighted by Crippen LogP contribution is -2.49. The van der Waals surface area contributed by atoms with Crippen LogP contribution in [0.25, 0.3) is 0 Å². The Morgan fingerprint density at radius 3 is 3.05 bits per heavy atom. The molecule has 1 aromatic heterocycles. The first-order valence-corrected chi connectivity index (χ1v) is 6.39. The van der Waals surface area contributed by atoms with Crippen LogP contribution in [-0.4, -0.2) is 57.6 Å². The molecule has 1 aliphatic rings. The van der Waals surface area contributed by atoms with Crippen molar-refractivity contribution >= 4 is 12.0 Å². The molecule has 1 atom stereocenters. The summed E-state index contributed by atoms with van der Waals surface area (Å²) in [6.07, 6.45) is 1.27. The van der Waals surface area contributed by atoms with Gasteiger partial charge in [-0.1, -0.05) is 0 Å². The standard InChI is InChI=1S/C12H18N4O4/c1-15-3-2-9(14-15)7-13-12(19)16-4-5-20-10(8-16)6-11(17)18/h2-3,10H,4-8H2,1H3,(H,13,19)(H,17,18). The van der Waals surface area contributed by atoms with Crippen LogP contribution in [0.3, 0.4) is 0 Å². The molecule has 2 heterocycles. The fraction of sp³-hybridized carbons (Fsp3) is 0.583. The molecule has 20 heavy (non-hydrogen) atoms. The van der Waals surface area contributed by atoms with Crippen molar-refractivity contribution in [3.05, 3.63) is 18.0 Å². The molecule has 1 saturated heterocycles. The summed E-state index contributed by atoms with van der Waals surface area (Å²) >= 11 is 0. The van der Waals surface area contributed by atoms with E-state index >= 15 is 0 Å². The van der Waals surface area contributed by atoms with Crippen LogP contribution in [0, 0.1) is 0 Å². The summed E-state index contributed by atoms with van der Waals surface area (Å²) in [5, 5.41) is 15.7. The van der Waals surface area contributed by atoms with Gasteiger partial charge in [-0.25, -0.2) is 4.79 Å². The van der Waals surface area contributed by atoms with E-state index < -0.39 is 12.1 Å². The molecular weight excluding hydrogens is 264 g/mol. The van der Waals surface area contributed by atoms with Crippen LogP contribution in [-0.2, 0) is 23.1 Å². The summed E-state index contributed by atoms with van der Waals surface area (Å²) in [5.41, 5.74) is 0.774. The second-order valence-corrected chi connectivity index (χ2v) is 4.68. The third kappa shape index (κ3) is 3.95. The predicted octanol–water partition coefficient (Wildman–Crippen LogP) is -0.195. The van der Waals surface area contributed by atoms with E-state index in [1.165, 1.54) is 0 Å². The highest BCUT2D eigenvalue weighted by Crippen LogP contribution is 2.09. The van der Waals surface area contributed by atoms with E-state index in [4.69, 9.17) is 9.84 Å². The monoisotopic (exact) mass is 282 g/mol. The van der Waals surface area contributed by atoms with Gasteiger partial charge in [0.1, 0.15) is 0 Å². The molecule has 0 radical (unpaired) electrons. The molecule has 110 valence electrons. The molecule has 2 N–H and O–H groups in total. The number of nitrogens with zero attached hydrogens (tertiary/aromatic N) is 3. The smallest absolute Gasteiger partial charge is 0.317 e. The van der Waals surface area contributed by atoms with Gasteiger partial charge in [0.15, 0.2) is 0 Å². The summed E-state index contributed by atoms with van der Waals surface area (Å²) in [7, 11) is 1.81. The zero-order chi connectivity index (χ0) is 14.5. The number of aromatic nitrogens is 2. The zero-order valence-electron chi connectivity index (χ0n) is 11.3. The number of ether oxygens (including phenoxy) is 1. The Morgan fingerprint density at radius 1 is 1.60 bits per heavy atom. The minimum absolute atomic E-state index is 0.0932. The molecule has 2 amide bonds. The molecule has 8 nitrogen and oxygen atoms in total. The number of nitrogens with one attached hydrogen (secondary N) is 1. The van der Waals surface area contributed by atoms with Gasteiger partial charge in [-0.2, -0.15) is 5.10 Å². The van der Waals surface area contributed by atoms with E-state index in [9.17, 15) is 9.59 Å². The number of aliphatic carboxylic acids is 1. The van der Waals surface area contributed by atoms with Crippen LogP contribution in [0.4, 0.5) is 4.79 Å². The van der Waals surface area contributed by atoms with Crippen molar-refractivity contribution in [2.75, 3.05) is 19.7 Å². The third-order valence-corrected chi connectivity index (χ3v) is 3.02. The highest BCUT2D eigenvalue weighted by Gasteiger charge is 2.25. The van der Waals surface area contributed by atoms with Gasteiger partial charge in [-0.3, -0.25) is 9.48 Å². The molecule has 8 heteroatoms. The van der Waals surface area contributed by atoms with Gasteiger partial charge in [0.2, 0.25) is 0 Å². The summed E-state index contributed by atoms with van der Waals surface area (Å²) in [6, 6.07) is 1.60. The number of carboxylic acid groups (broad SMARTS) is 1. The normalized spacial score (nSPS) is 18.9. The van der Waals surface area contributed by atoms with Crippen LogP contribution >= 0.6 is 0 Å². The number of carbonyl (C=O) groups is 2. The van der Waals surface area contributed by atoms with Crippen LogP contribution < -0.4 is 5.32 Å². The molecule has 0 bridgehead atoms. The third-order valence-electron chi connectivity index (χ3n) is 3.02. The Hall–Kier alpha value is -2.09. The van der Waals surface area contributed by atoms with Crippen molar-refractivity contribution in [3.63, 3.8) is 0 Å². The van der Waals surface area contributed by atoms with E-state index in [1.54, 1.807) is 15.8 Å². The lowest BCUT2D eigenvalue weighted by atomic mass is 10.2. The number of rotatable bonds is 4. The number of hydrogen-bond donors (Lipinski definition) is 2. The lowest BCUT2D eigenvalue weighted by molar-refractivity contribution is -0.141. The van der Waals surface area contributed by atoms with Crippen LogP contribution in [0.5, 0.6) is 0 Å². The van der Waals surface area contributed by atoms with Gasteiger partial charge in [-0.05, 0) is 6.07 Å². The lowest BCUT2D eigenvalue weighted by Gasteiger charge is -2.32. The largest absolute Gasteiger partial charge is 0.481 e. The molecule has 0 aromatic carbocycles. The first kappa shape index (κ1) is 14.3. The molecule has 1 fully saturated rings. The second-order valence-electron chi connectivity index (χ2n) is 4.68. The Labute approximate surface area is 116 Å². The van der Waals surface area contributed by atoms with Crippen molar-refractivity contribution in [2.45, 2.75) is 19.1 Å². The summed E-state index contributed by atoms with van der Waals surface area (Å²) in [4.78, 5) is 24.2. The average molecular weight is 282 g/mol. The number of morpholine rings is 1. The Bertz CT molecular complexity index is 488. The number of carbonyl (C=O) groups excluding carboxylic acids is 1. The Balaban J connectivity index is 1.81. The number of hydrogen-bond acceptors (Lipinski definition) is 4.